The second-order valence-corrected chi connectivity index (χ2v) is 6.56. The number of benzene rings is 1. The van der Waals surface area contributed by atoms with Gasteiger partial charge in [-0.2, -0.15) is 0 Å². The minimum absolute atomic E-state index is 0.00401. The number of hydrogen-bond acceptors (Lipinski definition) is 5. The van der Waals surface area contributed by atoms with Crippen molar-refractivity contribution in [3.05, 3.63) is 36.0 Å². The molecule has 1 atom stereocenters. The fourth-order valence-electron chi connectivity index (χ4n) is 3.37. The molecule has 0 bridgehead atoms. The molecule has 0 saturated carbocycles. The summed E-state index contributed by atoms with van der Waals surface area (Å²) in [6.07, 6.45) is 2.84. The largest absolute Gasteiger partial charge is 0.480 e. The van der Waals surface area contributed by atoms with Crippen molar-refractivity contribution < 1.29 is 14.6 Å². The summed E-state index contributed by atoms with van der Waals surface area (Å²) in [7, 11) is 1.81. The van der Waals surface area contributed by atoms with E-state index in [1.807, 2.05) is 13.2 Å². The number of aliphatic carboxylic acids is 1. The van der Waals surface area contributed by atoms with Crippen LogP contribution in [0.15, 0.2) is 30.5 Å². The first-order chi connectivity index (χ1) is 12.1. The van der Waals surface area contributed by atoms with Gasteiger partial charge in [0, 0.05) is 36.9 Å². The molecule has 2 aromatic rings. The Morgan fingerprint density at radius 1 is 1.44 bits per heavy atom. The maximum absolute atomic E-state index is 10.8. The minimum atomic E-state index is -0.817. The minimum Gasteiger partial charge on any atom is -0.480 e. The van der Waals surface area contributed by atoms with Gasteiger partial charge in [0.15, 0.2) is 0 Å². The van der Waals surface area contributed by atoms with Gasteiger partial charge in [0.1, 0.15) is 0 Å². The summed E-state index contributed by atoms with van der Waals surface area (Å²) >= 11 is 0. The quantitative estimate of drug-likeness (QED) is 0.866. The van der Waals surface area contributed by atoms with E-state index in [0.717, 1.165) is 25.0 Å². The van der Waals surface area contributed by atoms with Crippen molar-refractivity contribution >= 4 is 22.6 Å². The van der Waals surface area contributed by atoms with Crippen LogP contribution < -0.4 is 4.90 Å². The average molecular weight is 343 g/mol. The van der Waals surface area contributed by atoms with Crippen LogP contribution in [-0.4, -0.2) is 66.9 Å². The number of carboxylic acid groups (broad SMARTS) is 1. The normalized spacial score (nSPS) is 18.0. The number of anilines is 1. The number of hydrogen-bond donors (Lipinski definition) is 1. The summed E-state index contributed by atoms with van der Waals surface area (Å²) in [5.41, 5.74) is 3.47. The molecule has 1 N–H and O–H groups in total. The standard InChI is InChI=1S/C19H25N3O3/c1-3-14-4-5-17-16(10-14)18(6-7-20-17)22-8-9-25-15(12-22)11-21(2)13-19(23)24/h4-7,10,15H,3,8-9,11-13H2,1-2H3,(H,23,24). The third-order valence-electron chi connectivity index (χ3n) is 4.59. The zero-order valence-corrected chi connectivity index (χ0v) is 14.8. The molecule has 25 heavy (non-hydrogen) atoms. The zero-order chi connectivity index (χ0) is 17.8. The predicted octanol–water partition coefficient (Wildman–Crippen LogP) is 2.02. The molecule has 1 aromatic heterocycles. The molecule has 1 saturated heterocycles. The lowest BCUT2D eigenvalue weighted by Gasteiger charge is -2.36. The Kier molecular flexibility index (Phi) is 5.50. The Morgan fingerprint density at radius 2 is 2.28 bits per heavy atom. The van der Waals surface area contributed by atoms with Crippen molar-refractivity contribution in [2.45, 2.75) is 19.4 Å². The second-order valence-electron chi connectivity index (χ2n) is 6.56. The molecule has 1 unspecified atom stereocenters. The van der Waals surface area contributed by atoms with Crippen LogP contribution in [0.1, 0.15) is 12.5 Å². The van der Waals surface area contributed by atoms with E-state index in [0.29, 0.717) is 13.2 Å². The lowest BCUT2D eigenvalue weighted by atomic mass is 10.1. The number of morpholine rings is 1. The van der Waals surface area contributed by atoms with Gasteiger partial charge in [-0.25, -0.2) is 0 Å². The van der Waals surface area contributed by atoms with Crippen molar-refractivity contribution in [1.29, 1.82) is 0 Å². The Balaban J connectivity index is 1.79. The van der Waals surface area contributed by atoms with Crippen LogP contribution in [0, 0.1) is 0 Å². The molecule has 0 radical (unpaired) electrons. The van der Waals surface area contributed by atoms with E-state index in [1.54, 1.807) is 4.90 Å². The van der Waals surface area contributed by atoms with Crippen molar-refractivity contribution in [1.82, 2.24) is 9.88 Å². The number of carbonyl (C=O) groups is 1. The van der Waals surface area contributed by atoms with Gasteiger partial charge < -0.3 is 14.7 Å². The van der Waals surface area contributed by atoms with Gasteiger partial charge in [0.2, 0.25) is 0 Å². The molecular weight excluding hydrogens is 318 g/mol. The van der Waals surface area contributed by atoms with Gasteiger partial charge in [0.25, 0.3) is 0 Å². The lowest BCUT2D eigenvalue weighted by molar-refractivity contribution is -0.138. The Hall–Kier alpha value is -2.18. The lowest BCUT2D eigenvalue weighted by Crippen LogP contribution is -2.47. The molecule has 1 fully saturated rings. The first kappa shape index (κ1) is 17.6. The molecule has 2 heterocycles. The number of fused-ring (bicyclic) bond motifs is 1. The predicted molar refractivity (Wildman–Crippen MR) is 98.2 cm³/mol. The fraction of sp³-hybridized carbons (Fsp3) is 0.474. The average Bonchev–Trinajstić information content (AvgIpc) is 2.60. The summed E-state index contributed by atoms with van der Waals surface area (Å²) in [6, 6.07) is 8.49. The molecule has 6 heteroatoms. The number of carboxylic acids is 1. The van der Waals surface area contributed by atoms with Gasteiger partial charge in [0.05, 0.1) is 24.8 Å². The van der Waals surface area contributed by atoms with Crippen LogP contribution in [0.25, 0.3) is 10.9 Å². The van der Waals surface area contributed by atoms with E-state index in [2.05, 4.69) is 41.1 Å². The number of likely N-dealkylation sites (N-methyl/N-ethyl adjacent to an activating group) is 1. The molecule has 1 aliphatic heterocycles. The van der Waals surface area contributed by atoms with Crippen molar-refractivity contribution in [3.63, 3.8) is 0 Å². The topological polar surface area (TPSA) is 65.9 Å². The first-order valence-electron chi connectivity index (χ1n) is 8.71. The van der Waals surface area contributed by atoms with Crippen LogP contribution in [0.2, 0.25) is 0 Å². The molecule has 1 aromatic carbocycles. The number of aromatic nitrogens is 1. The van der Waals surface area contributed by atoms with Crippen LogP contribution in [-0.2, 0) is 16.0 Å². The molecular formula is C19H25N3O3. The molecule has 6 nitrogen and oxygen atoms in total. The maximum atomic E-state index is 10.8. The van der Waals surface area contributed by atoms with Gasteiger partial charge in [-0.05, 0) is 37.2 Å². The number of rotatable bonds is 6. The van der Waals surface area contributed by atoms with Gasteiger partial charge in [-0.3, -0.25) is 14.7 Å². The summed E-state index contributed by atoms with van der Waals surface area (Å²) in [4.78, 5) is 19.4. The van der Waals surface area contributed by atoms with Crippen LogP contribution >= 0.6 is 0 Å². The van der Waals surface area contributed by atoms with E-state index >= 15 is 0 Å². The second kappa shape index (κ2) is 7.80. The van der Waals surface area contributed by atoms with E-state index in [9.17, 15) is 4.79 Å². The van der Waals surface area contributed by atoms with Crippen LogP contribution in [0.4, 0.5) is 5.69 Å². The number of pyridine rings is 1. The third kappa shape index (κ3) is 4.27. The Labute approximate surface area is 148 Å². The van der Waals surface area contributed by atoms with Crippen LogP contribution in [0.3, 0.4) is 0 Å². The summed E-state index contributed by atoms with van der Waals surface area (Å²) in [5, 5.41) is 10.1. The molecule has 0 amide bonds. The summed E-state index contributed by atoms with van der Waals surface area (Å²) in [5.74, 6) is -0.817. The summed E-state index contributed by atoms with van der Waals surface area (Å²) < 4.78 is 5.85. The van der Waals surface area contributed by atoms with Crippen molar-refractivity contribution in [2.75, 3.05) is 44.7 Å². The highest BCUT2D eigenvalue weighted by atomic mass is 16.5. The van der Waals surface area contributed by atoms with Gasteiger partial charge in [-0.1, -0.05) is 13.0 Å². The van der Waals surface area contributed by atoms with E-state index in [-0.39, 0.29) is 12.6 Å². The molecule has 3 rings (SSSR count). The van der Waals surface area contributed by atoms with Gasteiger partial charge in [-0.15, -0.1) is 0 Å². The first-order valence-corrected chi connectivity index (χ1v) is 8.71. The number of aryl methyl sites for hydroxylation is 1. The third-order valence-corrected chi connectivity index (χ3v) is 4.59. The van der Waals surface area contributed by atoms with E-state index in [1.165, 1.54) is 16.6 Å². The summed E-state index contributed by atoms with van der Waals surface area (Å²) in [6.45, 7) is 5.00. The SMILES string of the molecule is CCc1ccc2nccc(N3CCOC(CN(C)CC(=O)O)C3)c2c1. The highest BCUT2D eigenvalue weighted by Crippen LogP contribution is 2.28. The monoisotopic (exact) mass is 343 g/mol. The number of ether oxygens (including phenoxy) is 1. The molecule has 0 spiro atoms. The number of nitrogens with zero attached hydrogens (tertiary/aromatic N) is 3. The van der Waals surface area contributed by atoms with Crippen LogP contribution in [0.5, 0.6) is 0 Å². The Bertz CT molecular complexity index is 750. The highest BCUT2D eigenvalue weighted by molar-refractivity contribution is 5.92. The van der Waals surface area contributed by atoms with E-state index in [4.69, 9.17) is 9.84 Å². The molecule has 1 aliphatic rings. The van der Waals surface area contributed by atoms with Crippen molar-refractivity contribution in [2.24, 2.45) is 0 Å². The molecule has 134 valence electrons. The van der Waals surface area contributed by atoms with Gasteiger partial charge >= 0.3 is 5.97 Å². The maximum Gasteiger partial charge on any atom is 0.317 e. The Morgan fingerprint density at radius 3 is 3.04 bits per heavy atom. The fourth-order valence-corrected chi connectivity index (χ4v) is 3.37. The van der Waals surface area contributed by atoms with Crippen molar-refractivity contribution in [3.8, 4) is 0 Å². The zero-order valence-electron chi connectivity index (χ0n) is 14.8. The van der Waals surface area contributed by atoms with E-state index < -0.39 is 5.97 Å². The molecule has 0 aliphatic carbocycles. The highest BCUT2D eigenvalue weighted by Gasteiger charge is 2.23. The smallest absolute Gasteiger partial charge is 0.317 e.